The van der Waals surface area contributed by atoms with E-state index in [0.717, 1.165) is 54.8 Å². The summed E-state index contributed by atoms with van der Waals surface area (Å²) in [6, 6.07) is 7.92. The highest BCUT2D eigenvalue weighted by atomic mass is 32.2. The third kappa shape index (κ3) is 4.34. The number of likely N-dealkylation sites (tertiary alicyclic amines) is 1. The molecule has 1 amide bonds. The molecule has 1 aromatic heterocycles. The molecule has 0 unspecified atom stereocenters. The normalized spacial score (nSPS) is 14.1. The van der Waals surface area contributed by atoms with Crippen LogP contribution < -0.4 is 4.74 Å². The summed E-state index contributed by atoms with van der Waals surface area (Å²) < 4.78 is 7.89. The Kier molecular flexibility index (Phi) is 5.96. The summed E-state index contributed by atoms with van der Waals surface area (Å²) in [5.41, 5.74) is 1.09. The van der Waals surface area contributed by atoms with Crippen molar-refractivity contribution in [1.82, 2.24) is 19.7 Å². The second-order valence-electron chi connectivity index (χ2n) is 6.07. The first-order valence-electron chi connectivity index (χ1n) is 8.70. The van der Waals surface area contributed by atoms with Crippen molar-refractivity contribution in [3.63, 3.8) is 0 Å². The van der Waals surface area contributed by atoms with Crippen molar-refractivity contribution in [1.29, 1.82) is 0 Å². The molecule has 2 aromatic rings. The number of thioether (sulfide) groups is 1. The first-order chi connectivity index (χ1) is 12.2. The van der Waals surface area contributed by atoms with E-state index in [0.29, 0.717) is 12.4 Å². The van der Waals surface area contributed by atoms with Crippen molar-refractivity contribution < 1.29 is 9.53 Å². The van der Waals surface area contributed by atoms with Crippen molar-refractivity contribution in [2.24, 2.45) is 0 Å². The van der Waals surface area contributed by atoms with Crippen LogP contribution in [0.5, 0.6) is 5.75 Å². The van der Waals surface area contributed by atoms with Gasteiger partial charge in [0.2, 0.25) is 5.91 Å². The minimum absolute atomic E-state index is 0.186. The van der Waals surface area contributed by atoms with E-state index >= 15 is 0 Å². The Labute approximate surface area is 152 Å². The predicted molar refractivity (Wildman–Crippen MR) is 97.7 cm³/mol. The number of nitrogens with zero attached hydrogens (tertiary/aromatic N) is 4. The van der Waals surface area contributed by atoms with Gasteiger partial charge in [0.25, 0.3) is 0 Å². The van der Waals surface area contributed by atoms with Gasteiger partial charge < -0.3 is 14.2 Å². The quantitative estimate of drug-likeness (QED) is 0.711. The zero-order valence-electron chi connectivity index (χ0n) is 14.8. The number of rotatable bonds is 7. The fraction of sp³-hybridized carbons (Fsp3) is 0.500. The molecule has 0 atom stereocenters. The zero-order valence-corrected chi connectivity index (χ0v) is 15.6. The molecular weight excluding hydrogens is 336 g/mol. The lowest BCUT2D eigenvalue weighted by Gasteiger charge is -2.14. The molecule has 0 aliphatic carbocycles. The molecule has 1 fully saturated rings. The van der Waals surface area contributed by atoms with Crippen LogP contribution in [0, 0.1) is 6.92 Å². The zero-order chi connectivity index (χ0) is 17.6. The molecule has 0 saturated carbocycles. The number of ether oxygens (including phenoxy) is 1. The van der Waals surface area contributed by atoms with E-state index in [2.05, 4.69) is 10.2 Å². The van der Waals surface area contributed by atoms with Crippen LogP contribution in [-0.4, -0.2) is 44.4 Å². The van der Waals surface area contributed by atoms with Gasteiger partial charge in [-0.15, -0.1) is 10.2 Å². The van der Waals surface area contributed by atoms with E-state index in [4.69, 9.17) is 4.74 Å². The Morgan fingerprint density at radius 1 is 1.24 bits per heavy atom. The second kappa shape index (κ2) is 8.38. The van der Waals surface area contributed by atoms with Crippen molar-refractivity contribution in [3.8, 4) is 5.75 Å². The van der Waals surface area contributed by atoms with Gasteiger partial charge in [-0.1, -0.05) is 30.0 Å². The minimum atomic E-state index is 0.186. The summed E-state index contributed by atoms with van der Waals surface area (Å²) in [6.07, 6.45) is 2.23. The van der Waals surface area contributed by atoms with Crippen LogP contribution in [0.1, 0.15) is 31.2 Å². The molecule has 0 radical (unpaired) electrons. The van der Waals surface area contributed by atoms with Gasteiger partial charge in [0, 0.05) is 19.6 Å². The van der Waals surface area contributed by atoms with Crippen molar-refractivity contribution in [2.75, 3.05) is 18.8 Å². The Hall–Kier alpha value is -2.02. The third-order valence-electron chi connectivity index (χ3n) is 4.34. The van der Waals surface area contributed by atoms with Gasteiger partial charge in [-0.2, -0.15) is 0 Å². The number of hydrogen-bond donors (Lipinski definition) is 0. The van der Waals surface area contributed by atoms with E-state index in [-0.39, 0.29) is 5.91 Å². The summed E-state index contributed by atoms with van der Waals surface area (Å²) in [5, 5.41) is 9.27. The van der Waals surface area contributed by atoms with Crippen LogP contribution in [0.4, 0.5) is 0 Å². The molecule has 0 N–H and O–H groups in total. The molecule has 3 rings (SSSR count). The number of amides is 1. The molecule has 0 spiro atoms. The van der Waals surface area contributed by atoms with E-state index in [1.165, 1.54) is 11.8 Å². The maximum Gasteiger partial charge on any atom is 0.233 e. The molecule has 6 nitrogen and oxygen atoms in total. The van der Waals surface area contributed by atoms with Crippen LogP contribution in [0.2, 0.25) is 0 Å². The Morgan fingerprint density at radius 3 is 2.72 bits per heavy atom. The number of carbonyl (C=O) groups excluding carboxylic acids is 1. The standard InChI is InChI=1S/C18H24N4O2S/c1-3-22-16(12-24-15-9-5-4-8-14(15)2)19-20-18(22)25-13-17(23)21-10-6-7-11-21/h4-5,8-9H,3,6-7,10-13H2,1-2H3. The van der Waals surface area contributed by atoms with Gasteiger partial charge in [0.05, 0.1) is 5.75 Å². The Bertz CT molecular complexity index is 726. The number of carbonyl (C=O) groups is 1. The van der Waals surface area contributed by atoms with Crippen LogP contribution in [0.15, 0.2) is 29.4 Å². The summed E-state index contributed by atoms with van der Waals surface area (Å²) >= 11 is 1.45. The second-order valence-corrected chi connectivity index (χ2v) is 7.02. The lowest BCUT2D eigenvalue weighted by molar-refractivity contribution is -0.127. The number of para-hydroxylation sites is 1. The van der Waals surface area contributed by atoms with Crippen molar-refractivity contribution >= 4 is 17.7 Å². The molecule has 1 aliphatic heterocycles. The average Bonchev–Trinajstić information content (AvgIpc) is 3.28. The SMILES string of the molecule is CCn1c(COc2ccccc2C)nnc1SCC(=O)N1CCCC1. The number of benzene rings is 1. The summed E-state index contributed by atoms with van der Waals surface area (Å²) in [5.74, 6) is 2.23. The maximum atomic E-state index is 12.2. The van der Waals surface area contributed by atoms with Crippen molar-refractivity contribution in [3.05, 3.63) is 35.7 Å². The van der Waals surface area contributed by atoms with Gasteiger partial charge in [0.15, 0.2) is 11.0 Å². The van der Waals surface area contributed by atoms with Crippen LogP contribution in [0.3, 0.4) is 0 Å². The van der Waals surface area contributed by atoms with Gasteiger partial charge in [-0.3, -0.25) is 4.79 Å². The molecule has 7 heteroatoms. The highest BCUT2D eigenvalue weighted by molar-refractivity contribution is 7.99. The largest absolute Gasteiger partial charge is 0.485 e. The molecule has 1 aromatic carbocycles. The van der Waals surface area contributed by atoms with Crippen molar-refractivity contribution in [2.45, 2.75) is 45.0 Å². The van der Waals surface area contributed by atoms with Gasteiger partial charge in [0.1, 0.15) is 12.4 Å². The highest BCUT2D eigenvalue weighted by Crippen LogP contribution is 2.21. The molecule has 25 heavy (non-hydrogen) atoms. The van der Waals surface area contributed by atoms with E-state index in [1.807, 2.05) is 47.6 Å². The predicted octanol–water partition coefficient (Wildman–Crippen LogP) is 2.90. The summed E-state index contributed by atoms with van der Waals surface area (Å²) in [7, 11) is 0. The molecule has 1 saturated heterocycles. The monoisotopic (exact) mass is 360 g/mol. The van der Waals surface area contributed by atoms with Gasteiger partial charge in [-0.25, -0.2) is 0 Å². The maximum absolute atomic E-state index is 12.2. The highest BCUT2D eigenvalue weighted by Gasteiger charge is 2.19. The Morgan fingerprint density at radius 2 is 2.00 bits per heavy atom. The molecule has 134 valence electrons. The molecule has 1 aliphatic rings. The summed E-state index contributed by atoms with van der Waals surface area (Å²) in [6.45, 7) is 6.95. The summed E-state index contributed by atoms with van der Waals surface area (Å²) in [4.78, 5) is 14.1. The van der Waals surface area contributed by atoms with Gasteiger partial charge in [-0.05, 0) is 38.3 Å². The average molecular weight is 360 g/mol. The van der Waals surface area contributed by atoms with Crippen LogP contribution in [0.25, 0.3) is 0 Å². The van der Waals surface area contributed by atoms with E-state index in [1.54, 1.807) is 0 Å². The first-order valence-corrected chi connectivity index (χ1v) is 9.68. The van der Waals surface area contributed by atoms with Gasteiger partial charge >= 0.3 is 0 Å². The van der Waals surface area contributed by atoms with E-state index < -0.39 is 0 Å². The smallest absolute Gasteiger partial charge is 0.233 e. The lowest BCUT2D eigenvalue weighted by atomic mass is 10.2. The molecule has 0 bridgehead atoms. The lowest BCUT2D eigenvalue weighted by Crippen LogP contribution is -2.29. The first kappa shape index (κ1) is 17.8. The Balaban J connectivity index is 1.60. The van der Waals surface area contributed by atoms with Crippen LogP contribution >= 0.6 is 11.8 Å². The topological polar surface area (TPSA) is 60.2 Å². The third-order valence-corrected chi connectivity index (χ3v) is 5.30. The fourth-order valence-corrected chi connectivity index (χ4v) is 3.82. The van der Waals surface area contributed by atoms with E-state index in [9.17, 15) is 4.79 Å². The fourth-order valence-electron chi connectivity index (χ4n) is 2.89. The number of aromatic nitrogens is 3. The molecular formula is C18H24N4O2S. The molecule has 2 heterocycles. The number of hydrogen-bond acceptors (Lipinski definition) is 5. The number of aryl methyl sites for hydroxylation is 1. The van der Waals surface area contributed by atoms with Crippen LogP contribution in [-0.2, 0) is 17.9 Å². The minimum Gasteiger partial charge on any atom is -0.485 e.